The molecule has 0 unspecified atom stereocenters. The summed E-state index contributed by atoms with van der Waals surface area (Å²) in [6.07, 6.45) is 8.42. The number of H-pyrrole nitrogens is 1. The van der Waals surface area contributed by atoms with Crippen molar-refractivity contribution in [1.29, 1.82) is 0 Å². The van der Waals surface area contributed by atoms with E-state index >= 15 is 0 Å². The third kappa shape index (κ3) is 5.71. The van der Waals surface area contributed by atoms with Gasteiger partial charge in [0.05, 0.1) is 0 Å². The predicted molar refractivity (Wildman–Crippen MR) is 111 cm³/mol. The van der Waals surface area contributed by atoms with E-state index in [2.05, 4.69) is 25.9 Å². The number of fused-ring (bicyclic) bond motifs is 1. The molecule has 28 heavy (non-hydrogen) atoms. The van der Waals surface area contributed by atoms with E-state index < -0.39 is 0 Å². The van der Waals surface area contributed by atoms with Crippen molar-refractivity contribution in [3.05, 3.63) is 35.8 Å². The maximum absolute atomic E-state index is 13.5. The second-order valence-electron chi connectivity index (χ2n) is 7.28. The first kappa shape index (κ1) is 20.2. The molecule has 0 radical (unpaired) electrons. The van der Waals surface area contributed by atoms with Gasteiger partial charge in [-0.3, -0.25) is 4.79 Å². The summed E-state index contributed by atoms with van der Waals surface area (Å²) in [6.45, 7) is 3.46. The number of aromatic nitrogens is 1. The normalized spacial score (nSPS) is 15.6. The van der Waals surface area contributed by atoms with E-state index in [1.165, 1.54) is 25.3 Å². The highest BCUT2D eigenvalue weighted by molar-refractivity contribution is 5.85. The van der Waals surface area contributed by atoms with E-state index in [0.717, 1.165) is 35.7 Å². The average Bonchev–Trinajstić information content (AvgIpc) is 3.09. The van der Waals surface area contributed by atoms with Crippen LogP contribution in [0.4, 0.5) is 4.39 Å². The number of hydrogen-bond acceptors (Lipinski definition) is 2. The Kier molecular flexibility index (Phi) is 7.28. The van der Waals surface area contributed by atoms with Crippen LogP contribution in [0.3, 0.4) is 0 Å². The molecule has 1 aliphatic carbocycles. The summed E-state index contributed by atoms with van der Waals surface area (Å²) in [6, 6.07) is 5.05. The minimum atomic E-state index is -0.236. The molecule has 0 atom stereocenters. The zero-order chi connectivity index (χ0) is 19.8. The smallest absolute Gasteiger partial charge is 0.242 e. The standard InChI is InChI=1S/C21H30FN5O/c1-2-23-21(26-14-20(28)27-17-6-4-3-5-7-17)24-11-10-15-13-25-19-9-8-16(22)12-18(15)19/h8-9,12-13,17,25H,2-7,10-11,14H2,1H3,(H,27,28)(H2,23,24,26). The molecule has 0 saturated heterocycles. The van der Waals surface area contributed by atoms with Crippen LogP contribution in [-0.4, -0.2) is 42.5 Å². The fourth-order valence-electron chi connectivity index (χ4n) is 3.69. The number of hydrogen-bond donors (Lipinski definition) is 4. The first-order chi connectivity index (χ1) is 13.7. The number of carbonyl (C=O) groups excluding carboxylic acids is 1. The molecule has 1 saturated carbocycles. The maximum Gasteiger partial charge on any atom is 0.242 e. The van der Waals surface area contributed by atoms with Crippen LogP contribution in [0.2, 0.25) is 0 Å². The largest absolute Gasteiger partial charge is 0.361 e. The molecule has 1 amide bonds. The Morgan fingerprint density at radius 2 is 2.07 bits per heavy atom. The summed E-state index contributed by atoms with van der Waals surface area (Å²) >= 11 is 0. The number of halogens is 1. The van der Waals surface area contributed by atoms with Gasteiger partial charge < -0.3 is 20.9 Å². The highest BCUT2D eigenvalue weighted by atomic mass is 19.1. The van der Waals surface area contributed by atoms with E-state index in [-0.39, 0.29) is 18.3 Å². The minimum Gasteiger partial charge on any atom is -0.361 e. The monoisotopic (exact) mass is 387 g/mol. The summed E-state index contributed by atoms with van der Waals surface area (Å²) in [4.78, 5) is 19.7. The van der Waals surface area contributed by atoms with E-state index in [4.69, 9.17) is 0 Å². The Hall–Kier alpha value is -2.57. The van der Waals surface area contributed by atoms with Crippen LogP contribution in [0.5, 0.6) is 0 Å². The highest BCUT2D eigenvalue weighted by Gasteiger charge is 2.15. The van der Waals surface area contributed by atoms with Gasteiger partial charge in [-0.25, -0.2) is 9.38 Å². The fraction of sp³-hybridized carbons (Fsp3) is 0.524. The van der Waals surface area contributed by atoms with Gasteiger partial charge in [-0.2, -0.15) is 0 Å². The van der Waals surface area contributed by atoms with Gasteiger partial charge in [-0.05, 0) is 49.9 Å². The van der Waals surface area contributed by atoms with Gasteiger partial charge >= 0.3 is 0 Å². The molecule has 2 aromatic rings. The molecule has 4 N–H and O–H groups in total. The van der Waals surface area contributed by atoms with Crippen LogP contribution in [0.15, 0.2) is 29.4 Å². The average molecular weight is 388 g/mol. The molecule has 1 heterocycles. The number of nitrogens with zero attached hydrogens (tertiary/aromatic N) is 1. The Morgan fingerprint density at radius 3 is 2.86 bits per heavy atom. The zero-order valence-corrected chi connectivity index (χ0v) is 16.5. The van der Waals surface area contributed by atoms with Crippen LogP contribution in [-0.2, 0) is 11.2 Å². The van der Waals surface area contributed by atoms with Crippen molar-refractivity contribution in [2.75, 3.05) is 19.6 Å². The Morgan fingerprint density at radius 1 is 1.25 bits per heavy atom. The highest BCUT2D eigenvalue weighted by Crippen LogP contribution is 2.19. The third-order valence-electron chi connectivity index (χ3n) is 5.11. The Bertz CT molecular complexity index is 810. The van der Waals surface area contributed by atoms with E-state index in [0.29, 0.717) is 25.1 Å². The number of aliphatic imine (C=N–C) groups is 1. The lowest BCUT2D eigenvalue weighted by molar-refractivity contribution is -0.120. The van der Waals surface area contributed by atoms with Crippen LogP contribution in [0.25, 0.3) is 10.9 Å². The molecule has 7 heteroatoms. The molecule has 3 rings (SSSR count). The van der Waals surface area contributed by atoms with Crippen LogP contribution < -0.4 is 16.0 Å². The number of aromatic amines is 1. The zero-order valence-electron chi connectivity index (χ0n) is 16.5. The van der Waals surface area contributed by atoms with Crippen molar-refractivity contribution < 1.29 is 9.18 Å². The molecule has 152 valence electrons. The lowest BCUT2D eigenvalue weighted by Gasteiger charge is -2.22. The molecule has 1 aromatic carbocycles. The summed E-state index contributed by atoms with van der Waals surface area (Å²) in [5, 5.41) is 10.4. The quantitative estimate of drug-likeness (QED) is 0.436. The van der Waals surface area contributed by atoms with Crippen molar-refractivity contribution in [2.24, 2.45) is 4.99 Å². The molecule has 1 fully saturated rings. The number of nitrogens with one attached hydrogen (secondary N) is 4. The van der Waals surface area contributed by atoms with Crippen LogP contribution >= 0.6 is 0 Å². The lowest BCUT2D eigenvalue weighted by atomic mass is 9.95. The number of carbonyl (C=O) groups is 1. The SMILES string of the molecule is CCNC(=NCC(=O)NC1CCCCC1)NCCc1c[nH]c2ccc(F)cc12. The Labute approximate surface area is 165 Å². The Balaban J connectivity index is 1.49. The minimum absolute atomic E-state index is 0.0313. The van der Waals surface area contributed by atoms with E-state index in [1.54, 1.807) is 12.1 Å². The maximum atomic E-state index is 13.5. The molecule has 1 aliphatic rings. The fourth-order valence-corrected chi connectivity index (χ4v) is 3.69. The second kappa shape index (κ2) is 10.1. The van der Waals surface area contributed by atoms with E-state index in [1.807, 2.05) is 13.1 Å². The summed E-state index contributed by atoms with van der Waals surface area (Å²) in [5.74, 6) is 0.351. The van der Waals surface area contributed by atoms with Gasteiger partial charge in [0.1, 0.15) is 12.4 Å². The van der Waals surface area contributed by atoms with Crippen LogP contribution in [0.1, 0.15) is 44.6 Å². The summed E-state index contributed by atoms with van der Waals surface area (Å²) in [5.41, 5.74) is 1.98. The van der Waals surface area contributed by atoms with E-state index in [9.17, 15) is 9.18 Å². The molecular formula is C21H30FN5O. The number of guanidine groups is 1. The number of benzene rings is 1. The summed E-state index contributed by atoms with van der Waals surface area (Å²) in [7, 11) is 0. The van der Waals surface area contributed by atoms with Gasteiger partial charge in [0, 0.05) is 36.2 Å². The molecule has 1 aromatic heterocycles. The number of amides is 1. The molecule has 6 nitrogen and oxygen atoms in total. The van der Waals surface area contributed by atoms with Crippen molar-refractivity contribution in [3.63, 3.8) is 0 Å². The van der Waals surface area contributed by atoms with Gasteiger partial charge in [-0.1, -0.05) is 19.3 Å². The van der Waals surface area contributed by atoms with Gasteiger partial charge in [0.25, 0.3) is 0 Å². The van der Waals surface area contributed by atoms with Crippen molar-refractivity contribution in [1.82, 2.24) is 20.9 Å². The van der Waals surface area contributed by atoms with Gasteiger partial charge in [0.2, 0.25) is 5.91 Å². The molecule has 0 bridgehead atoms. The van der Waals surface area contributed by atoms with Crippen molar-refractivity contribution in [2.45, 2.75) is 51.5 Å². The lowest BCUT2D eigenvalue weighted by Crippen LogP contribution is -2.41. The van der Waals surface area contributed by atoms with Crippen LogP contribution in [0, 0.1) is 5.82 Å². The third-order valence-corrected chi connectivity index (χ3v) is 5.11. The molecular weight excluding hydrogens is 357 g/mol. The molecule has 0 aliphatic heterocycles. The first-order valence-corrected chi connectivity index (χ1v) is 10.2. The predicted octanol–water partition coefficient (Wildman–Crippen LogP) is 2.85. The number of rotatable bonds is 7. The second-order valence-corrected chi connectivity index (χ2v) is 7.28. The van der Waals surface area contributed by atoms with Crippen molar-refractivity contribution >= 4 is 22.8 Å². The summed E-state index contributed by atoms with van der Waals surface area (Å²) < 4.78 is 13.5. The topological polar surface area (TPSA) is 81.3 Å². The van der Waals surface area contributed by atoms with Crippen molar-refractivity contribution in [3.8, 4) is 0 Å². The molecule has 0 spiro atoms. The van der Waals surface area contributed by atoms with Gasteiger partial charge in [0.15, 0.2) is 5.96 Å². The van der Waals surface area contributed by atoms with Gasteiger partial charge in [-0.15, -0.1) is 0 Å². The first-order valence-electron chi connectivity index (χ1n) is 10.2.